The molecule has 2 aromatic rings. The van der Waals surface area contributed by atoms with Crippen molar-refractivity contribution in [2.75, 3.05) is 19.9 Å². The molecule has 3 rings (SSSR count). The van der Waals surface area contributed by atoms with E-state index in [-0.39, 0.29) is 5.92 Å². The Kier molecular flexibility index (Phi) is 5.26. The topological polar surface area (TPSA) is 53.7 Å². The Morgan fingerprint density at radius 3 is 2.50 bits per heavy atom. The molecule has 24 heavy (non-hydrogen) atoms. The van der Waals surface area contributed by atoms with Gasteiger partial charge in [0.2, 0.25) is 6.79 Å². The molecule has 2 N–H and O–H groups in total. The fourth-order valence-electron chi connectivity index (χ4n) is 2.77. The van der Waals surface area contributed by atoms with Crippen LogP contribution < -0.4 is 19.9 Å². The summed E-state index contributed by atoms with van der Waals surface area (Å²) in [6.07, 6.45) is 0.889. The van der Waals surface area contributed by atoms with Gasteiger partial charge >= 0.3 is 0 Å². The standard InChI is InChI=1S/C20H25NO3/c1-14(2)12-22-18-6-3-15(4-7-18)9-17(11-21)16-5-8-19-20(10-16)24-13-23-19/h3-8,10,14,17H,9,11-13,21H2,1-2H3. The van der Waals surface area contributed by atoms with Crippen LogP contribution in [0.25, 0.3) is 0 Å². The van der Waals surface area contributed by atoms with Gasteiger partial charge in [-0.15, -0.1) is 0 Å². The second-order valence-corrected chi connectivity index (χ2v) is 6.60. The van der Waals surface area contributed by atoms with Crippen LogP contribution in [0, 0.1) is 5.92 Å². The summed E-state index contributed by atoms with van der Waals surface area (Å²) in [7, 11) is 0. The van der Waals surface area contributed by atoms with Gasteiger partial charge in [0.15, 0.2) is 11.5 Å². The molecule has 2 aromatic carbocycles. The largest absolute Gasteiger partial charge is 0.493 e. The second kappa shape index (κ2) is 7.58. The first-order chi connectivity index (χ1) is 11.7. The molecule has 0 bridgehead atoms. The van der Waals surface area contributed by atoms with Crippen molar-refractivity contribution < 1.29 is 14.2 Å². The van der Waals surface area contributed by atoms with Crippen LogP contribution in [0.2, 0.25) is 0 Å². The molecule has 0 spiro atoms. The van der Waals surface area contributed by atoms with Crippen LogP contribution in [0.3, 0.4) is 0 Å². The van der Waals surface area contributed by atoms with Gasteiger partial charge in [-0.25, -0.2) is 0 Å². The zero-order chi connectivity index (χ0) is 16.9. The maximum atomic E-state index is 6.01. The van der Waals surface area contributed by atoms with E-state index in [0.29, 0.717) is 19.3 Å². The molecule has 0 radical (unpaired) electrons. The molecule has 0 saturated carbocycles. The Hall–Kier alpha value is -2.20. The third-order valence-corrected chi connectivity index (χ3v) is 4.14. The number of nitrogens with two attached hydrogens (primary N) is 1. The Morgan fingerprint density at radius 2 is 1.79 bits per heavy atom. The third kappa shape index (κ3) is 4.01. The van der Waals surface area contributed by atoms with Gasteiger partial charge in [-0.05, 0) is 54.3 Å². The molecule has 1 heterocycles. The van der Waals surface area contributed by atoms with Crippen molar-refractivity contribution in [3.63, 3.8) is 0 Å². The monoisotopic (exact) mass is 327 g/mol. The Morgan fingerprint density at radius 1 is 1.04 bits per heavy atom. The highest BCUT2D eigenvalue weighted by molar-refractivity contribution is 5.45. The van der Waals surface area contributed by atoms with Crippen molar-refractivity contribution in [1.29, 1.82) is 0 Å². The molecule has 0 fully saturated rings. The quantitative estimate of drug-likeness (QED) is 0.842. The van der Waals surface area contributed by atoms with E-state index in [1.54, 1.807) is 0 Å². The summed E-state index contributed by atoms with van der Waals surface area (Å²) < 4.78 is 16.6. The smallest absolute Gasteiger partial charge is 0.231 e. The van der Waals surface area contributed by atoms with Crippen LogP contribution >= 0.6 is 0 Å². The SMILES string of the molecule is CC(C)COc1ccc(CC(CN)c2ccc3c(c2)OCO3)cc1. The molecule has 1 aliphatic heterocycles. The van der Waals surface area contributed by atoms with Crippen molar-refractivity contribution in [1.82, 2.24) is 0 Å². The van der Waals surface area contributed by atoms with Gasteiger partial charge in [-0.2, -0.15) is 0 Å². The summed E-state index contributed by atoms with van der Waals surface area (Å²) in [5.74, 6) is 3.31. The van der Waals surface area contributed by atoms with Crippen LogP contribution in [0.15, 0.2) is 42.5 Å². The molecule has 1 aliphatic rings. The van der Waals surface area contributed by atoms with E-state index >= 15 is 0 Å². The van der Waals surface area contributed by atoms with E-state index in [9.17, 15) is 0 Å². The van der Waals surface area contributed by atoms with Crippen LogP contribution in [0.4, 0.5) is 0 Å². The zero-order valence-corrected chi connectivity index (χ0v) is 14.3. The summed E-state index contributed by atoms with van der Waals surface area (Å²) in [6, 6.07) is 14.4. The van der Waals surface area contributed by atoms with Crippen molar-refractivity contribution in [3.8, 4) is 17.2 Å². The number of ether oxygens (including phenoxy) is 3. The van der Waals surface area contributed by atoms with Gasteiger partial charge < -0.3 is 19.9 Å². The average Bonchev–Trinajstić information content (AvgIpc) is 3.06. The van der Waals surface area contributed by atoms with Gasteiger partial charge in [0.05, 0.1) is 6.61 Å². The van der Waals surface area contributed by atoms with E-state index in [2.05, 4.69) is 32.0 Å². The summed E-state index contributed by atoms with van der Waals surface area (Å²) >= 11 is 0. The van der Waals surface area contributed by atoms with Crippen LogP contribution in [-0.2, 0) is 6.42 Å². The Labute approximate surface area is 143 Å². The van der Waals surface area contributed by atoms with Gasteiger partial charge in [-0.1, -0.05) is 32.0 Å². The maximum absolute atomic E-state index is 6.01. The van der Waals surface area contributed by atoms with Crippen molar-refractivity contribution in [3.05, 3.63) is 53.6 Å². The molecule has 4 heteroatoms. The van der Waals surface area contributed by atoms with E-state index in [1.165, 1.54) is 11.1 Å². The number of hydrogen-bond acceptors (Lipinski definition) is 4. The van der Waals surface area contributed by atoms with Crippen LogP contribution in [0.1, 0.15) is 30.9 Å². The number of hydrogen-bond donors (Lipinski definition) is 1. The van der Waals surface area contributed by atoms with Crippen molar-refractivity contribution >= 4 is 0 Å². The van der Waals surface area contributed by atoms with Gasteiger partial charge in [0.1, 0.15) is 5.75 Å². The number of rotatable bonds is 7. The minimum Gasteiger partial charge on any atom is -0.493 e. The third-order valence-electron chi connectivity index (χ3n) is 4.14. The molecule has 128 valence electrons. The molecular formula is C20H25NO3. The minimum absolute atomic E-state index is 0.252. The second-order valence-electron chi connectivity index (χ2n) is 6.60. The van der Waals surface area contributed by atoms with Crippen molar-refractivity contribution in [2.45, 2.75) is 26.2 Å². The summed E-state index contributed by atoms with van der Waals surface area (Å²) in [6.45, 7) is 5.91. The maximum Gasteiger partial charge on any atom is 0.231 e. The normalized spacial score (nSPS) is 14.0. The lowest BCUT2D eigenvalue weighted by atomic mass is 9.92. The van der Waals surface area contributed by atoms with Crippen LogP contribution in [0.5, 0.6) is 17.2 Å². The van der Waals surface area contributed by atoms with Gasteiger partial charge in [0, 0.05) is 5.92 Å². The molecule has 0 aliphatic carbocycles. The van der Waals surface area contributed by atoms with E-state index in [1.807, 2.05) is 24.3 Å². The average molecular weight is 327 g/mol. The fourth-order valence-corrected chi connectivity index (χ4v) is 2.77. The van der Waals surface area contributed by atoms with Gasteiger partial charge in [0.25, 0.3) is 0 Å². The molecule has 0 aromatic heterocycles. The first kappa shape index (κ1) is 16.7. The highest BCUT2D eigenvalue weighted by Crippen LogP contribution is 2.35. The summed E-state index contributed by atoms with van der Waals surface area (Å²) in [5, 5.41) is 0. The first-order valence-corrected chi connectivity index (χ1v) is 8.47. The number of benzene rings is 2. The lowest BCUT2D eigenvalue weighted by molar-refractivity contribution is 0.174. The lowest BCUT2D eigenvalue weighted by Gasteiger charge is -2.16. The lowest BCUT2D eigenvalue weighted by Crippen LogP contribution is -2.15. The van der Waals surface area contributed by atoms with E-state index in [4.69, 9.17) is 19.9 Å². The molecule has 0 amide bonds. The summed E-state index contributed by atoms with van der Waals surface area (Å²) in [4.78, 5) is 0. The summed E-state index contributed by atoms with van der Waals surface area (Å²) in [5.41, 5.74) is 8.44. The number of fused-ring (bicyclic) bond motifs is 1. The minimum atomic E-state index is 0.252. The fraction of sp³-hybridized carbons (Fsp3) is 0.400. The predicted octanol–water partition coefficient (Wildman–Crippen LogP) is 3.74. The predicted molar refractivity (Wildman–Crippen MR) is 94.8 cm³/mol. The molecule has 1 unspecified atom stereocenters. The molecule has 0 saturated heterocycles. The highest BCUT2D eigenvalue weighted by atomic mass is 16.7. The van der Waals surface area contributed by atoms with Gasteiger partial charge in [-0.3, -0.25) is 0 Å². The molecule has 4 nitrogen and oxygen atoms in total. The van der Waals surface area contributed by atoms with E-state index in [0.717, 1.165) is 30.3 Å². The van der Waals surface area contributed by atoms with Crippen molar-refractivity contribution in [2.24, 2.45) is 11.7 Å². The Bertz CT molecular complexity index is 667. The Balaban J connectivity index is 1.66. The van der Waals surface area contributed by atoms with Crippen LogP contribution in [-0.4, -0.2) is 19.9 Å². The molecular weight excluding hydrogens is 302 g/mol. The molecule has 1 atom stereocenters. The van der Waals surface area contributed by atoms with E-state index < -0.39 is 0 Å². The highest BCUT2D eigenvalue weighted by Gasteiger charge is 2.17. The zero-order valence-electron chi connectivity index (χ0n) is 14.3. The first-order valence-electron chi connectivity index (χ1n) is 8.47.